The Kier molecular flexibility index (Phi) is 17.0. The number of nitrogens with one attached hydrogen (secondary N) is 1. The summed E-state index contributed by atoms with van der Waals surface area (Å²) in [6.07, 6.45) is -13.1. The second-order valence-corrected chi connectivity index (χ2v) is 25.0. The van der Waals surface area contributed by atoms with Crippen molar-refractivity contribution >= 4 is 18.2 Å². The van der Waals surface area contributed by atoms with E-state index in [1.807, 2.05) is 6.92 Å². The quantitative estimate of drug-likeness (QED) is 0.0273. The van der Waals surface area contributed by atoms with Crippen LogP contribution in [0.25, 0.3) is 0 Å². The Morgan fingerprint density at radius 2 is 1.51 bits per heavy atom. The molecule has 5 aliphatic carbocycles. The number of fused-ring (bicyclic) bond motifs is 7. The van der Waals surface area contributed by atoms with E-state index in [1.165, 1.54) is 6.92 Å². The van der Waals surface area contributed by atoms with Crippen LogP contribution >= 0.6 is 0 Å². The van der Waals surface area contributed by atoms with Crippen LogP contribution in [0.4, 0.5) is 0 Å². The maximum atomic E-state index is 15.7. The Balaban J connectivity index is 1.11. The van der Waals surface area contributed by atoms with Gasteiger partial charge < -0.3 is 85.1 Å². The number of aliphatic hydroxyl groups is 8. The average Bonchev–Trinajstić information content (AvgIpc) is 3.35. The monoisotopic (exact) mass is 1050 g/mol. The molecule has 24 atom stereocenters. The molecule has 3 heterocycles. The van der Waals surface area contributed by atoms with Crippen LogP contribution in [0.3, 0.4) is 0 Å². The highest BCUT2D eigenvalue weighted by Gasteiger charge is 2.73. The normalized spacial score (nSPS) is 50.0. The number of aliphatic hydroxyl groups excluding tert-OH is 8. The van der Waals surface area contributed by atoms with Crippen LogP contribution in [0, 0.1) is 50.2 Å². The first-order chi connectivity index (χ1) is 34.8. The number of rotatable bonds is 15. The fraction of sp³-hybridized carbons (Fsp3) is 0.906. The van der Waals surface area contributed by atoms with Gasteiger partial charge in [0.2, 0.25) is 12.2 Å². The van der Waals surface area contributed by atoms with Crippen LogP contribution < -0.4 is 11.1 Å². The molecule has 0 aromatic carbocycles. The van der Waals surface area contributed by atoms with Gasteiger partial charge in [-0.05, 0) is 124 Å². The third-order valence-corrected chi connectivity index (χ3v) is 20.4. The number of amides is 1. The van der Waals surface area contributed by atoms with Gasteiger partial charge in [-0.25, -0.2) is 4.89 Å². The maximum absolute atomic E-state index is 15.7. The summed E-state index contributed by atoms with van der Waals surface area (Å²) >= 11 is 0. The lowest BCUT2D eigenvalue weighted by Gasteiger charge is -2.71. The number of unbranched alkanes of at least 4 members (excludes halogenated alkanes) is 2. The predicted octanol–water partition coefficient (Wildman–Crippen LogP) is 1.10. The third-order valence-electron chi connectivity index (χ3n) is 20.4. The van der Waals surface area contributed by atoms with Gasteiger partial charge in [-0.2, -0.15) is 0 Å². The van der Waals surface area contributed by atoms with Crippen molar-refractivity contribution in [3.8, 4) is 0 Å². The number of hydrogen-bond donors (Lipinski definition) is 11. The lowest BCUT2D eigenvalue weighted by atomic mass is 9.33. The first kappa shape index (κ1) is 57.9. The van der Waals surface area contributed by atoms with Crippen molar-refractivity contribution in [2.24, 2.45) is 56.0 Å². The highest BCUT2D eigenvalue weighted by atomic mass is 17.1. The Hall–Kier alpha value is -2.29. The number of carbonyl (C=O) groups excluding carboxylic acids is 3. The molecule has 0 bridgehead atoms. The van der Waals surface area contributed by atoms with Gasteiger partial charge >= 0.3 is 5.97 Å². The second-order valence-electron chi connectivity index (χ2n) is 25.0. The minimum atomic E-state index is -1.94. The molecule has 7 fully saturated rings. The first-order valence-electron chi connectivity index (χ1n) is 27.1. The summed E-state index contributed by atoms with van der Waals surface area (Å²) in [6.45, 7) is 13.7. The Morgan fingerprint density at radius 3 is 2.19 bits per heavy atom. The average molecular weight is 1060 g/mol. The molecule has 8 rings (SSSR count). The fourth-order valence-corrected chi connectivity index (χ4v) is 15.8. The predicted molar refractivity (Wildman–Crippen MR) is 259 cm³/mol. The molecular formula is C53H86N2O19. The van der Waals surface area contributed by atoms with Crippen LogP contribution in [0.1, 0.15) is 132 Å². The van der Waals surface area contributed by atoms with Gasteiger partial charge in [-0.15, -0.1) is 0 Å². The molecule has 12 N–H and O–H groups in total. The second kappa shape index (κ2) is 21.7. The van der Waals surface area contributed by atoms with Crippen molar-refractivity contribution in [2.75, 3.05) is 19.8 Å². The maximum Gasteiger partial charge on any atom is 0.317 e. The number of nitrogens with two attached hydrogens (primary N) is 1. The number of ether oxygens (including phenoxy) is 6. The first-order valence-corrected chi connectivity index (χ1v) is 27.1. The van der Waals surface area contributed by atoms with Gasteiger partial charge in [0.1, 0.15) is 66.6 Å². The molecule has 0 radical (unpaired) electrons. The molecule has 1 amide bonds. The van der Waals surface area contributed by atoms with Crippen LogP contribution in [0.5, 0.6) is 0 Å². The van der Waals surface area contributed by atoms with Gasteiger partial charge in [-0.1, -0.05) is 59.6 Å². The number of allylic oxidation sites excluding steroid dienone is 2. The van der Waals surface area contributed by atoms with Crippen molar-refractivity contribution < 1.29 is 93.8 Å². The molecule has 13 unspecified atom stereocenters. The zero-order valence-electron chi connectivity index (χ0n) is 44.1. The van der Waals surface area contributed by atoms with Crippen molar-refractivity contribution in [1.82, 2.24) is 5.32 Å². The van der Waals surface area contributed by atoms with Crippen LogP contribution in [0.15, 0.2) is 11.6 Å². The molecule has 21 nitrogen and oxygen atoms in total. The molecule has 0 aromatic heterocycles. The molecule has 0 spiro atoms. The molecule has 4 saturated carbocycles. The molecule has 74 heavy (non-hydrogen) atoms. The fourth-order valence-electron chi connectivity index (χ4n) is 15.8. The summed E-state index contributed by atoms with van der Waals surface area (Å²) in [7, 11) is 0. The van der Waals surface area contributed by atoms with Crippen molar-refractivity contribution in [2.45, 2.75) is 230 Å². The molecule has 3 saturated heterocycles. The summed E-state index contributed by atoms with van der Waals surface area (Å²) in [6, 6.07) is -1.35. The van der Waals surface area contributed by atoms with Crippen LogP contribution in [0.2, 0.25) is 0 Å². The van der Waals surface area contributed by atoms with Crippen molar-refractivity contribution in [3.63, 3.8) is 0 Å². The zero-order valence-corrected chi connectivity index (χ0v) is 44.1. The van der Waals surface area contributed by atoms with Gasteiger partial charge in [-0.3, -0.25) is 14.8 Å². The molecule has 8 aliphatic rings. The minimum Gasteiger partial charge on any atom is -0.432 e. The van der Waals surface area contributed by atoms with Gasteiger partial charge in [0, 0.05) is 6.42 Å². The summed E-state index contributed by atoms with van der Waals surface area (Å²) in [5.74, 6) is -1.82. The Labute approximate surface area is 433 Å². The number of carbonyl (C=O) groups is 3. The summed E-state index contributed by atoms with van der Waals surface area (Å²) in [5, 5.41) is 102. The molecular weight excluding hydrogens is 969 g/mol. The van der Waals surface area contributed by atoms with E-state index in [1.54, 1.807) is 0 Å². The summed E-state index contributed by atoms with van der Waals surface area (Å²) < 4.78 is 36.3. The molecule has 0 aromatic rings. The van der Waals surface area contributed by atoms with Gasteiger partial charge in [0.05, 0.1) is 36.9 Å². The van der Waals surface area contributed by atoms with E-state index >= 15 is 4.79 Å². The largest absolute Gasteiger partial charge is 0.432 e. The summed E-state index contributed by atoms with van der Waals surface area (Å²) in [5.41, 5.74) is 2.67. The van der Waals surface area contributed by atoms with E-state index in [9.17, 15) is 55.7 Å². The van der Waals surface area contributed by atoms with Crippen LogP contribution in [-0.4, -0.2) is 182 Å². The Bertz CT molecular complexity index is 2050. The highest BCUT2D eigenvalue weighted by molar-refractivity contribution is 5.80. The lowest BCUT2D eigenvalue weighted by molar-refractivity contribution is -0.371. The van der Waals surface area contributed by atoms with Crippen LogP contribution in [-0.2, 0) is 47.7 Å². The van der Waals surface area contributed by atoms with E-state index in [2.05, 4.69) is 46.0 Å². The molecule has 3 aliphatic heterocycles. The SMILES string of the molecule is C[C@H]1O[C@@H](OC2C(O)C(NC(=O)CCCCCN)[C@H](CO)O[C@H]2OC(=O)C23CCC(C)(C)CC2C2=CCC4C5(C)CC[C@H](O)[C@](C)(C=O)[C@@H]5CC[C@]4(C)[C@]2(C)C[C@@H]3OO)C(O)C(O)C1O[C@@H]1OCC(O)C(O)C1O. The van der Waals surface area contributed by atoms with Crippen molar-refractivity contribution in [3.05, 3.63) is 11.6 Å². The number of aldehydes is 1. The van der Waals surface area contributed by atoms with E-state index in [4.69, 9.17) is 39.0 Å². The molecule has 422 valence electrons. The number of hydrogen-bond acceptors (Lipinski definition) is 20. The van der Waals surface area contributed by atoms with E-state index < -0.39 is 151 Å². The molecule has 21 heteroatoms. The van der Waals surface area contributed by atoms with Crippen molar-refractivity contribution in [1.29, 1.82) is 0 Å². The third kappa shape index (κ3) is 9.65. The topological polar surface area (TPSA) is 336 Å². The Morgan fingerprint density at radius 1 is 0.811 bits per heavy atom. The number of esters is 1. The zero-order chi connectivity index (χ0) is 54.1. The smallest absolute Gasteiger partial charge is 0.317 e. The highest BCUT2D eigenvalue weighted by Crippen LogP contribution is 2.76. The van der Waals surface area contributed by atoms with Gasteiger partial charge in [0.15, 0.2) is 18.7 Å². The summed E-state index contributed by atoms with van der Waals surface area (Å²) in [4.78, 5) is 47.4. The van der Waals surface area contributed by atoms with E-state index in [0.29, 0.717) is 57.9 Å². The lowest BCUT2D eigenvalue weighted by Crippen LogP contribution is -2.69. The van der Waals surface area contributed by atoms with E-state index in [0.717, 1.165) is 24.7 Å². The standard InChI is InChI=1S/C53H86N2O19/c1-26-42(71-44-40(64)37(61)29(58)24-68-44)39(63)41(65)45(69-26)72-43-38(62)36(55-35(60)11-9-8-10-20-54)30(23-56)70-46(43)73-47(66)53-19-18-48(2,3)21-28(53)27-12-13-32-49(4)16-15-33(59)50(5,25-57)31(49)14-17-51(32,6)52(27,7)22-34(53)74-67/h12,25-26,28-34,36-46,56,58-59,61-65,67H,8-11,13-24,54H2,1-7H3,(H,55,60)/t26-,28?,29?,30+,31-,32?,33+,34+,36?,37?,38?,39?,40?,41?,42?,43?,44+,45+,46+,49?,50-,51+,52-,53?/m1/s1. The van der Waals surface area contributed by atoms with Gasteiger partial charge in [0.25, 0.3) is 0 Å². The van der Waals surface area contributed by atoms with E-state index in [-0.39, 0.29) is 41.9 Å². The minimum absolute atomic E-state index is 0.0503.